The molecule has 1 fully saturated rings. The van der Waals surface area contributed by atoms with Crippen LogP contribution in [0.5, 0.6) is 0 Å². The van der Waals surface area contributed by atoms with E-state index in [2.05, 4.69) is 9.67 Å². The molecule has 1 aliphatic rings. The van der Waals surface area contributed by atoms with Gasteiger partial charge in [0.05, 0.1) is 11.8 Å². The van der Waals surface area contributed by atoms with Crippen molar-refractivity contribution in [2.45, 2.75) is 45.6 Å². The van der Waals surface area contributed by atoms with Gasteiger partial charge in [0.25, 0.3) is 5.91 Å². The second kappa shape index (κ2) is 6.09. The Labute approximate surface area is 142 Å². The molecule has 2 aromatic rings. The van der Waals surface area contributed by atoms with Crippen LogP contribution in [0, 0.1) is 13.8 Å². The lowest BCUT2D eigenvalue weighted by atomic mass is 9.89. The van der Waals surface area contributed by atoms with Gasteiger partial charge in [-0.2, -0.15) is 5.10 Å². The Morgan fingerprint density at radius 1 is 1.25 bits per heavy atom. The molecule has 2 aromatic heterocycles. The molecular formula is C18H26N4O2. The van der Waals surface area contributed by atoms with Crippen LogP contribution in [0.1, 0.15) is 47.9 Å². The molecule has 6 nitrogen and oxygen atoms in total. The van der Waals surface area contributed by atoms with Gasteiger partial charge in [-0.25, -0.2) is 0 Å². The third-order valence-electron chi connectivity index (χ3n) is 5.26. The van der Waals surface area contributed by atoms with Crippen molar-refractivity contribution < 1.29 is 9.90 Å². The standard InChI is InChI=1S/C18H26N4O2/c1-5-18(24)8-10-21(11-9-18)17(23)15-12-19-20(4)16(15)22-13(2)6-7-14(22)3/h6-7,12,24H,5,8-11H2,1-4H3. The molecule has 0 saturated carbocycles. The Kier molecular flexibility index (Phi) is 4.25. The van der Waals surface area contributed by atoms with Crippen molar-refractivity contribution in [3.8, 4) is 5.82 Å². The fourth-order valence-electron chi connectivity index (χ4n) is 3.50. The highest BCUT2D eigenvalue weighted by Crippen LogP contribution is 2.27. The van der Waals surface area contributed by atoms with E-state index in [0.717, 1.165) is 23.6 Å². The SMILES string of the molecule is CCC1(O)CCN(C(=O)c2cnn(C)c2-n2c(C)ccc2C)CC1. The molecule has 0 aliphatic carbocycles. The van der Waals surface area contributed by atoms with E-state index < -0.39 is 5.60 Å². The van der Waals surface area contributed by atoms with Crippen molar-refractivity contribution in [2.75, 3.05) is 13.1 Å². The largest absolute Gasteiger partial charge is 0.390 e. The zero-order valence-electron chi connectivity index (χ0n) is 14.9. The van der Waals surface area contributed by atoms with Crippen LogP contribution in [0.25, 0.3) is 5.82 Å². The molecule has 24 heavy (non-hydrogen) atoms. The summed E-state index contributed by atoms with van der Waals surface area (Å²) in [7, 11) is 1.86. The van der Waals surface area contributed by atoms with E-state index in [-0.39, 0.29) is 5.91 Å². The Bertz CT molecular complexity index is 732. The molecule has 0 bridgehead atoms. The first-order chi connectivity index (χ1) is 11.4. The molecule has 1 saturated heterocycles. The highest BCUT2D eigenvalue weighted by Gasteiger charge is 2.34. The van der Waals surface area contributed by atoms with Gasteiger partial charge in [0.2, 0.25) is 0 Å². The molecule has 0 aromatic carbocycles. The zero-order valence-corrected chi connectivity index (χ0v) is 14.9. The third kappa shape index (κ3) is 2.75. The quantitative estimate of drug-likeness (QED) is 0.938. The lowest BCUT2D eigenvalue weighted by molar-refractivity contribution is -0.0193. The number of carbonyl (C=O) groups is 1. The van der Waals surface area contributed by atoms with Gasteiger partial charge in [0.15, 0.2) is 0 Å². The molecular weight excluding hydrogens is 304 g/mol. The average Bonchev–Trinajstić information content (AvgIpc) is 3.10. The van der Waals surface area contributed by atoms with Gasteiger partial charge in [-0.15, -0.1) is 0 Å². The number of rotatable bonds is 3. The van der Waals surface area contributed by atoms with Gasteiger partial charge in [-0.3, -0.25) is 9.48 Å². The topological polar surface area (TPSA) is 63.3 Å². The number of aryl methyl sites for hydroxylation is 3. The number of hydrogen-bond acceptors (Lipinski definition) is 3. The van der Waals surface area contributed by atoms with Crippen molar-refractivity contribution in [2.24, 2.45) is 7.05 Å². The van der Waals surface area contributed by atoms with Gasteiger partial charge in [0, 0.05) is 31.5 Å². The van der Waals surface area contributed by atoms with Crippen LogP contribution in [-0.4, -0.2) is 49.0 Å². The van der Waals surface area contributed by atoms with E-state index in [9.17, 15) is 9.90 Å². The zero-order chi connectivity index (χ0) is 17.5. The molecule has 1 aliphatic heterocycles. The summed E-state index contributed by atoms with van der Waals surface area (Å²) in [6, 6.07) is 4.08. The van der Waals surface area contributed by atoms with Crippen molar-refractivity contribution >= 4 is 5.91 Å². The molecule has 0 spiro atoms. The second-order valence-corrected chi connectivity index (χ2v) is 6.83. The van der Waals surface area contributed by atoms with Crippen molar-refractivity contribution in [1.29, 1.82) is 0 Å². The van der Waals surface area contributed by atoms with Crippen molar-refractivity contribution in [3.05, 3.63) is 35.3 Å². The molecule has 1 N–H and O–H groups in total. The highest BCUT2D eigenvalue weighted by molar-refractivity contribution is 5.97. The predicted octanol–water partition coefficient (Wildman–Crippen LogP) is 2.20. The molecule has 130 valence electrons. The van der Waals surface area contributed by atoms with Gasteiger partial charge >= 0.3 is 0 Å². The minimum Gasteiger partial charge on any atom is -0.390 e. The summed E-state index contributed by atoms with van der Waals surface area (Å²) in [5, 5.41) is 14.7. The van der Waals surface area contributed by atoms with Crippen LogP contribution in [-0.2, 0) is 7.05 Å². The smallest absolute Gasteiger partial charge is 0.259 e. The van der Waals surface area contributed by atoms with E-state index in [1.165, 1.54) is 0 Å². The van der Waals surface area contributed by atoms with Crippen LogP contribution in [0.2, 0.25) is 0 Å². The summed E-state index contributed by atoms with van der Waals surface area (Å²) in [5.74, 6) is 0.792. The fraction of sp³-hybridized carbons (Fsp3) is 0.556. The molecule has 0 unspecified atom stereocenters. The highest BCUT2D eigenvalue weighted by atomic mass is 16.3. The first kappa shape index (κ1) is 16.8. The molecule has 0 atom stereocenters. The van der Waals surface area contributed by atoms with E-state index in [0.29, 0.717) is 31.5 Å². The first-order valence-corrected chi connectivity index (χ1v) is 8.55. The number of aliphatic hydroxyl groups is 1. The van der Waals surface area contributed by atoms with Gasteiger partial charge in [0.1, 0.15) is 11.4 Å². The Morgan fingerprint density at radius 2 is 1.83 bits per heavy atom. The minimum atomic E-state index is -0.623. The lowest BCUT2D eigenvalue weighted by Gasteiger charge is -2.37. The van der Waals surface area contributed by atoms with Gasteiger partial charge in [-0.1, -0.05) is 6.92 Å². The minimum absolute atomic E-state index is 0.0104. The Morgan fingerprint density at radius 3 is 2.38 bits per heavy atom. The summed E-state index contributed by atoms with van der Waals surface area (Å²) < 4.78 is 3.81. The van der Waals surface area contributed by atoms with Crippen molar-refractivity contribution in [1.82, 2.24) is 19.2 Å². The number of amides is 1. The first-order valence-electron chi connectivity index (χ1n) is 8.55. The molecule has 3 heterocycles. The maximum absolute atomic E-state index is 13.0. The summed E-state index contributed by atoms with van der Waals surface area (Å²) in [6.07, 6.45) is 3.64. The fourth-order valence-corrected chi connectivity index (χ4v) is 3.50. The number of piperidine rings is 1. The van der Waals surface area contributed by atoms with Crippen LogP contribution in [0.3, 0.4) is 0 Å². The molecule has 6 heteroatoms. The Hall–Kier alpha value is -2.08. The second-order valence-electron chi connectivity index (χ2n) is 6.83. The van der Waals surface area contributed by atoms with Gasteiger partial charge in [-0.05, 0) is 45.2 Å². The van der Waals surface area contributed by atoms with E-state index in [1.807, 2.05) is 44.9 Å². The summed E-state index contributed by atoms with van der Waals surface area (Å²) in [4.78, 5) is 14.9. The molecule has 3 rings (SSSR count). The van der Waals surface area contributed by atoms with Gasteiger partial charge < -0.3 is 14.6 Å². The summed E-state index contributed by atoms with van der Waals surface area (Å²) in [6.45, 7) is 7.21. The number of nitrogens with zero attached hydrogens (tertiary/aromatic N) is 4. The predicted molar refractivity (Wildman–Crippen MR) is 92.4 cm³/mol. The molecule has 1 amide bonds. The maximum atomic E-state index is 13.0. The van der Waals surface area contributed by atoms with Crippen LogP contribution in [0.15, 0.2) is 18.3 Å². The number of carbonyl (C=O) groups excluding carboxylic acids is 1. The molecule has 0 radical (unpaired) electrons. The van der Waals surface area contributed by atoms with Crippen molar-refractivity contribution in [3.63, 3.8) is 0 Å². The number of hydrogen-bond donors (Lipinski definition) is 1. The number of aromatic nitrogens is 3. The lowest BCUT2D eigenvalue weighted by Crippen LogP contribution is -2.46. The van der Waals surface area contributed by atoms with Crippen LogP contribution < -0.4 is 0 Å². The summed E-state index contributed by atoms with van der Waals surface area (Å²) >= 11 is 0. The average molecular weight is 330 g/mol. The Balaban J connectivity index is 1.90. The van der Waals surface area contributed by atoms with E-state index in [1.54, 1.807) is 10.9 Å². The van der Waals surface area contributed by atoms with E-state index in [4.69, 9.17) is 0 Å². The normalized spacial score (nSPS) is 17.3. The third-order valence-corrected chi connectivity index (χ3v) is 5.26. The van der Waals surface area contributed by atoms with E-state index >= 15 is 0 Å². The monoisotopic (exact) mass is 330 g/mol. The summed E-state index contributed by atoms with van der Waals surface area (Å²) in [5.41, 5.74) is 2.14. The van der Waals surface area contributed by atoms with Crippen LogP contribution in [0.4, 0.5) is 0 Å². The number of likely N-dealkylation sites (tertiary alicyclic amines) is 1. The van der Waals surface area contributed by atoms with Crippen LogP contribution >= 0.6 is 0 Å². The maximum Gasteiger partial charge on any atom is 0.259 e.